The Morgan fingerprint density at radius 3 is 2.27 bits per heavy atom. The fourth-order valence-electron chi connectivity index (χ4n) is 2.66. The van der Waals surface area contributed by atoms with Gasteiger partial charge < -0.3 is 15.0 Å². The summed E-state index contributed by atoms with van der Waals surface area (Å²) in [6.07, 6.45) is -0.175. The van der Waals surface area contributed by atoms with Crippen molar-refractivity contribution < 1.29 is 27.9 Å². The Kier molecular flexibility index (Phi) is 7.63. The molecular formula is C22H24F2N2O4. The van der Waals surface area contributed by atoms with E-state index in [0.29, 0.717) is 11.3 Å². The molecule has 0 unspecified atom stereocenters. The summed E-state index contributed by atoms with van der Waals surface area (Å²) in [7, 11) is 0. The van der Waals surface area contributed by atoms with Gasteiger partial charge in [0.25, 0.3) is 5.91 Å². The van der Waals surface area contributed by atoms with E-state index in [1.165, 1.54) is 47.4 Å². The van der Waals surface area contributed by atoms with Gasteiger partial charge in [0.05, 0.1) is 6.42 Å². The third-order valence-corrected chi connectivity index (χ3v) is 4.13. The van der Waals surface area contributed by atoms with Crippen LogP contribution in [0.1, 0.15) is 26.3 Å². The summed E-state index contributed by atoms with van der Waals surface area (Å²) in [4.78, 5) is 38.2. The van der Waals surface area contributed by atoms with Gasteiger partial charge in [-0.3, -0.25) is 14.4 Å². The number of hydrogen-bond donors (Lipinski definition) is 1. The van der Waals surface area contributed by atoms with Crippen molar-refractivity contribution in [3.8, 4) is 0 Å². The first-order valence-corrected chi connectivity index (χ1v) is 9.30. The van der Waals surface area contributed by atoms with Crippen molar-refractivity contribution in [2.24, 2.45) is 0 Å². The lowest BCUT2D eigenvalue weighted by Crippen LogP contribution is -2.50. The second-order valence-corrected chi connectivity index (χ2v) is 7.67. The molecule has 0 aromatic heterocycles. The number of esters is 1. The number of ether oxygens (including phenoxy) is 1. The molecule has 8 heteroatoms. The van der Waals surface area contributed by atoms with Gasteiger partial charge in [0.2, 0.25) is 5.91 Å². The number of hydrogen-bond acceptors (Lipinski definition) is 4. The van der Waals surface area contributed by atoms with Crippen LogP contribution in [0.25, 0.3) is 0 Å². The number of carbonyl (C=O) groups is 3. The smallest absolute Gasteiger partial charge is 0.310 e. The van der Waals surface area contributed by atoms with Crippen molar-refractivity contribution in [2.75, 3.05) is 18.5 Å². The molecular weight excluding hydrogens is 394 g/mol. The number of amides is 2. The maximum Gasteiger partial charge on any atom is 0.310 e. The minimum atomic E-state index is -0.716. The number of anilines is 1. The molecule has 0 atom stereocenters. The molecule has 2 amide bonds. The SMILES string of the molecule is CC(C)(C)N(CC(=O)Nc1ccc(F)cc1)C(=O)COC(=O)Cc1cccc(F)c1. The largest absolute Gasteiger partial charge is 0.455 e. The number of carbonyl (C=O) groups excluding carboxylic acids is 3. The van der Waals surface area contributed by atoms with Crippen LogP contribution in [0.5, 0.6) is 0 Å². The molecule has 160 valence electrons. The van der Waals surface area contributed by atoms with Gasteiger partial charge in [-0.15, -0.1) is 0 Å². The molecule has 0 aliphatic carbocycles. The Bertz CT molecular complexity index is 908. The predicted molar refractivity (Wildman–Crippen MR) is 108 cm³/mol. The molecule has 2 rings (SSSR count). The van der Waals surface area contributed by atoms with Gasteiger partial charge in [-0.1, -0.05) is 12.1 Å². The molecule has 0 bridgehead atoms. The van der Waals surface area contributed by atoms with Crippen LogP contribution in [-0.2, 0) is 25.5 Å². The van der Waals surface area contributed by atoms with E-state index in [0.717, 1.165) is 0 Å². The lowest BCUT2D eigenvalue weighted by Gasteiger charge is -2.35. The van der Waals surface area contributed by atoms with E-state index < -0.39 is 41.6 Å². The molecule has 0 aliphatic rings. The van der Waals surface area contributed by atoms with Crippen molar-refractivity contribution in [1.29, 1.82) is 0 Å². The lowest BCUT2D eigenvalue weighted by atomic mass is 10.1. The summed E-state index contributed by atoms with van der Waals surface area (Å²) in [5.41, 5.74) is 0.106. The normalized spacial score (nSPS) is 11.0. The standard InChI is InChI=1S/C22H24F2N2O4/c1-22(2,3)26(13-19(27)25-18-9-7-16(23)8-10-18)20(28)14-30-21(29)12-15-5-4-6-17(24)11-15/h4-11H,12-14H2,1-3H3,(H,25,27). The summed E-state index contributed by atoms with van der Waals surface area (Å²) in [6.45, 7) is 4.40. The average Bonchev–Trinajstić information content (AvgIpc) is 2.65. The zero-order chi connectivity index (χ0) is 22.3. The monoisotopic (exact) mass is 418 g/mol. The van der Waals surface area contributed by atoms with Crippen LogP contribution in [0, 0.1) is 11.6 Å². The number of nitrogens with one attached hydrogen (secondary N) is 1. The van der Waals surface area contributed by atoms with Gasteiger partial charge in [-0.25, -0.2) is 8.78 Å². The summed E-state index contributed by atoms with van der Waals surface area (Å²) >= 11 is 0. The van der Waals surface area contributed by atoms with E-state index in [4.69, 9.17) is 4.74 Å². The zero-order valence-electron chi connectivity index (χ0n) is 17.1. The van der Waals surface area contributed by atoms with Crippen molar-refractivity contribution in [3.63, 3.8) is 0 Å². The highest BCUT2D eigenvalue weighted by atomic mass is 19.1. The maximum atomic E-state index is 13.2. The Hall–Kier alpha value is -3.29. The average molecular weight is 418 g/mol. The van der Waals surface area contributed by atoms with E-state index in [1.807, 2.05) is 0 Å². The molecule has 0 fully saturated rings. The number of halogens is 2. The molecule has 6 nitrogen and oxygen atoms in total. The molecule has 0 radical (unpaired) electrons. The highest BCUT2D eigenvalue weighted by Gasteiger charge is 2.29. The van der Waals surface area contributed by atoms with Crippen LogP contribution in [0.15, 0.2) is 48.5 Å². The minimum Gasteiger partial charge on any atom is -0.455 e. The van der Waals surface area contributed by atoms with Crippen LogP contribution in [0.2, 0.25) is 0 Å². The fourth-order valence-corrected chi connectivity index (χ4v) is 2.66. The minimum absolute atomic E-state index is 0.175. The second kappa shape index (κ2) is 9.96. The summed E-state index contributed by atoms with van der Waals surface area (Å²) in [5, 5.41) is 2.59. The third kappa shape index (κ3) is 7.27. The zero-order valence-corrected chi connectivity index (χ0v) is 17.1. The Morgan fingerprint density at radius 2 is 1.67 bits per heavy atom. The first kappa shape index (κ1) is 23.0. The molecule has 0 spiro atoms. The molecule has 2 aromatic carbocycles. The lowest BCUT2D eigenvalue weighted by molar-refractivity contribution is -0.154. The Morgan fingerprint density at radius 1 is 1.00 bits per heavy atom. The van der Waals surface area contributed by atoms with Gasteiger partial charge in [0, 0.05) is 11.2 Å². The summed E-state index contributed by atoms with van der Waals surface area (Å²) in [6, 6.07) is 10.8. The third-order valence-electron chi connectivity index (χ3n) is 4.13. The fraction of sp³-hybridized carbons (Fsp3) is 0.318. The summed E-state index contributed by atoms with van der Waals surface area (Å²) < 4.78 is 31.2. The Balaban J connectivity index is 1.93. The number of benzene rings is 2. The molecule has 0 saturated carbocycles. The molecule has 0 heterocycles. The topological polar surface area (TPSA) is 75.7 Å². The van der Waals surface area contributed by atoms with E-state index in [9.17, 15) is 23.2 Å². The van der Waals surface area contributed by atoms with Crippen LogP contribution < -0.4 is 5.32 Å². The van der Waals surface area contributed by atoms with Gasteiger partial charge in [-0.2, -0.15) is 0 Å². The van der Waals surface area contributed by atoms with Crippen LogP contribution in [-0.4, -0.2) is 41.4 Å². The van der Waals surface area contributed by atoms with Crippen molar-refractivity contribution in [1.82, 2.24) is 4.90 Å². The highest BCUT2D eigenvalue weighted by molar-refractivity contribution is 5.95. The first-order valence-electron chi connectivity index (χ1n) is 9.30. The van der Waals surface area contributed by atoms with E-state index >= 15 is 0 Å². The van der Waals surface area contributed by atoms with Gasteiger partial charge >= 0.3 is 5.97 Å². The first-order chi connectivity index (χ1) is 14.0. The van der Waals surface area contributed by atoms with E-state index in [2.05, 4.69) is 5.32 Å². The summed E-state index contributed by atoms with van der Waals surface area (Å²) in [5.74, 6) is -2.61. The quantitative estimate of drug-likeness (QED) is 0.700. The predicted octanol–water partition coefficient (Wildman–Crippen LogP) is 3.32. The molecule has 30 heavy (non-hydrogen) atoms. The van der Waals surface area contributed by atoms with E-state index in [-0.39, 0.29) is 13.0 Å². The van der Waals surface area contributed by atoms with Crippen molar-refractivity contribution >= 4 is 23.5 Å². The molecule has 0 aliphatic heterocycles. The van der Waals surface area contributed by atoms with E-state index in [1.54, 1.807) is 26.8 Å². The van der Waals surface area contributed by atoms with Gasteiger partial charge in [0.15, 0.2) is 6.61 Å². The van der Waals surface area contributed by atoms with Crippen molar-refractivity contribution in [2.45, 2.75) is 32.7 Å². The van der Waals surface area contributed by atoms with Crippen LogP contribution >= 0.6 is 0 Å². The number of rotatable bonds is 7. The highest BCUT2D eigenvalue weighted by Crippen LogP contribution is 2.15. The van der Waals surface area contributed by atoms with Crippen molar-refractivity contribution in [3.05, 3.63) is 65.7 Å². The molecule has 2 aromatic rings. The van der Waals surface area contributed by atoms with Crippen LogP contribution in [0.3, 0.4) is 0 Å². The second-order valence-electron chi connectivity index (χ2n) is 7.67. The molecule has 0 saturated heterocycles. The van der Waals surface area contributed by atoms with Gasteiger partial charge in [0.1, 0.15) is 18.2 Å². The number of nitrogens with zero attached hydrogens (tertiary/aromatic N) is 1. The van der Waals surface area contributed by atoms with Gasteiger partial charge in [-0.05, 0) is 62.7 Å². The Labute approximate surface area is 173 Å². The maximum absolute atomic E-state index is 13.2. The van der Waals surface area contributed by atoms with Crippen LogP contribution in [0.4, 0.5) is 14.5 Å². The molecule has 1 N–H and O–H groups in total.